The molecule has 2 heterocycles. The van der Waals surface area contributed by atoms with Crippen LogP contribution >= 0.6 is 0 Å². The molecule has 158 valence electrons. The summed E-state index contributed by atoms with van der Waals surface area (Å²) in [6.45, 7) is 3.16. The van der Waals surface area contributed by atoms with Crippen LogP contribution in [0.25, 0.3) is 0 Å². The number of nitrogens with one attached hydrogen (secondary N) is 1. The van der Waals surface area contributed by atoms with Crippen LogP contribution in [0, 0.1) is 11.6 Å². The van der Waals surface area contributed by atoms with Gasteiger partial charge in [0.05, 0.1) is 23.5 Å². The monoisotopic (exact) mass is 434 g/mol. The third kappa shape index (κ3) is 4.00. The number of nitrogens with zero attached hydrogens (tertiary/aromatic N) is 3. The lowest BCUT2D eigenvalue weighted by molar-refractivity contribution is 0.408. The summed E-state index contributed by atoms with van der Waals surface area (Å²) in [4.78, 5) is 10.8. The molecule has 0 aromatic heterocycles. The Morgan fingerprint density at radius 2 is 2.07 bits per heavy atom. The van der Waals surface area contributed by atoms with Crippen LogP contribution < -0.4 is 9.46 Å². The standard InChI is InChI=1S/C20H20F2N4O3S/c1-2-10-30(27,28)25-17-7-5-15(21)19(18(17)22)29-13-4-6-16-14(11-13)20-23-8-3-9-26(20)12-24-16/h4-7,11-12,25H,2-3,8-10H2,1H3. The number of halogens is 2. The third-order valence-corrected chi connectivity index (χ3v) is 6.12. The maximum atomic E-state index is 14.8. The van der Waals surface area contributed by atoms with Crippen LogP contribution in [0.3, 0.4) is 0 Å². The molecule has 2 aromatic rings. The topological polar surface area (TPSA) is 83.4 Å². The van der Waals surface area contributed by atoms with Crippen molar-refractivity contribution in [3.8, 4) is 11.5 Å². The lowest BCUT2D eigenvalue weighted by Crippen LogP contribution is -2.36. The van der Waals surface area contributed by atoms with Gasteiger partial charge in [0, 0.05) is 18.7 Å². The van der Waals surface area contributed by atoms with Crippen LogP contribution in [0.1, 0.15) is 25.3 Å². The maximum Gasteiger partial charge on any atom is 0.232 e. The predicted molar refractivity (Wildman–Crippen MR) is 111 cm³/mol. The molecular weight excluding hydrogens is 414 g/mol. The Hall–Kier alpha value is -3.01. The molecular formula is C20H20F2N4O3S. The van der Waals surface area contributed by atoms with Gasteiger partial charge in [-0.25, -0.2) is 22.2 Å². The Balaban J connectivity index is 1.66. The van der Waals surface area contributed by atoms with Crippen LogP contribution in [0.4, 0.5) is 20.2 Å². The van der Waals surface area contributed by atoms with E-state index < -0.39 is 27.4 Å². The number of fused-ring (bicyclic) bond motifs is 3. The van der Waals surface area contributed by atoms with Gasteiger partial charge in [0.15, 0.2) is 11.6 Å². The lowest BCUT2D eigenvalue weighted by atomic mass is 10.1. The highest BCUT2D eigenvalue weighted by molar-refractivity contribution is 7.92. The molecule has 10 heteroatoms. The minimum Gasteiger partial charge on any atom is -0.451 e. The number of amidine groups is 1. The molecule has 0 saturated heterocycles. The normalized spacial score (nSPS) is 15.3. The zero-order valence-electron chi connectivity index (χ0n) is 16.2. The Labute approximate surface area is 173 Å². The predicted octanol–water partition coefficient (Wildman–Crippen LogP) is 4.03. The summed E-state index contributed by atoms with van der Waals surface area (Å²) < 4.78 is 60.7. The second-order valence-corrected chi connectivity index (χ2v) is 8.78. The third-order valence-electron chi connectivity index (χ3n) is 4.64. The molecule has 0 unspecified atom stereocenters. The summed E-state index contributed by atoms with van der Waals surface area (Å²) in [6.07, 6.45) is 2.99. The van der Waals surface area contributed by atoms with Crippen LogP contribution in [0.2, 0.25) is 0 Å². The van der Waals surface area contributed by atoms with Crippen molar-refractivity contribution in [2.45, 2.75) is 19.8 Å². The van der Waals surface area contributed by atoms with Gasteiger partial charge >= 0.3 is 0 Å². The SMILES string of the molecule is CCCS(=O)(=O)Nc1ccc(F)c(Oc2ccc3c(c2)C2=NCCCN2C=N3)c1F. The molecule has 2 aromatic carbocycles. The van der Waals surface area contributed by atoms with Gasteiger partial charge in [0.25, 0.3) is 0 Å². The van der Waals surface area contributed by atoms with E-state index in [2.05, 4.69) is 14.7 Å². The maximum absolute atomic E-state index is 14.8. The fraction of sp³-hybridized carbons (Fsp3) is 0.300. The van der Waals surface area contributed by atoms with E-state index in [-0.39, 0.29) is 17.2 Å². The van der Waals surface area contributed by atoms with Gasteiger partial charge in [-0.3, -0.25) is 9.71 Å². The minimum atomic E-state index is -3.74. The van der Waals surface area contributed by atoms with Crippen molar-refractivity contribution in [2.75, 3.05) is 23.6 Å². The quantitative estimate of drug-likeness (QED) is 0.744. The molecule has 0 saturated carbocycles. The van der Waals surface area contributed by atoms with E-state index in [4.69, 9.17) is 4.74 Å². The van der Waals surface area contributed by atoms with Crippen molar-refractivity contribution < 1.29 is 21.9 Å². The lowest BCUT2D eigenvalue weighted by Gasteiger charge is -2.29. The first-order chi connectivity index (χ1) is 14.4. The van der Waals surface area contributed by atoms with Gasteiger partial charge in [-0.2, -0.15) is 0 Å². The smallest absolute Gasteiger partial charge is 0.232 e. The minimum absolute atomic E-state index is 0.177. The van der Waals surface area contributed by atoms with Gasteiger partial charge in [-0.15, -0.1) is 0 Å². The average Bonchev–Trinajstić information content (AvgIpc) is 2.73. The summed E-state index contributed by atoms with van der Waals surface area (Å²) in [7, 11) is -3.74. The Morgan fingerprint density at radius 3 is 2.87 bits per heavy atom. The van der Waals surface area contributed by atoms with Gasteiger partial charge in [0.1, 0.15) is 11.6 Å². The van der Waals surface area contributed by atoms with Gasteiger partial charge in [0.2, 0.25) is 15.8 Å². The molecule has 2 aliphatic heterocycles. The fourth-order valence-corrected chi connectivity index (χ4v) is 4.42. The molecule has 2 aliphatic rings. The van der Waals surface area contributed by atoms with E-state index in [1.165, 1.54) is 0 Å². The van der Waals surface area contributed by atoms with E-state index in [9.17, 15) is 17.2 Å². The van der Waals surface area contributed by atoms with E-state index in [0.717, 1.165) is 30.9 Å². The molecule has 0 spiro atoms. The van der Waals surface area contributed by atoms with E-state index in [1.807, 2.05) is 4.90 Å². The van der Waals surface area contributed by atoms with Crippen LogP contribution in [0.5, 0.6) is 11.5 Å². The molecule has 0 atom stereocenters. The first kappa shape index (κ1) is 20.3. The largest absolute Gasteiger partial charge is 0.451 e. The zero-order chi connectivity index (χ0) is 21.3. The van der Waals surface area contributed by atoms with E-state index in [0.29, 0.717) is 24.2 Å². The molecule has 1 N–H and O–H groups in total. The average molecular weight is 434 g/mol. The van der Waals surface area contributed by atoms with Gasteiger partial charge in [-0.1, -0.05) is 6.92 Å². The first-order valence-corrected chi connectivity index (χ1v) is 11.2. The molecule has 0 bridgehead atoms. The number of hydrogen-bond donors (Lipinski definition) is 1. The first-order valence-electron chi connectivity index (χ1n) is 9.54. The van der Waals surface area contributed by atoms with E-state index in [1.54, 1.807) is 31.5 Å². The fourth-order valence-electron chi connectivity index (χ4n) is 3.29. The molecule has 7 nitrogen and oxygen atoms in total. The van der Waals surface area contributed by atoms with Crippen molar-refractivity contribution in [2.24, 2.45) is 9.98 Å². The number of aliphatic imine (C=N–C) groups is 2. The van der Waals surface area contributed by atoms with Crippen molar-refractivity contribution in [1.82, 2.24) is 4.90 Å². The zero-order valence-corrected chi connectivity index (χ0v) is 17.0. The summed E-state index contributed by atoms with van der Waals surface area (Å²) in [5, 5.41) is 0. The number of ether oxygens (including phenoxy) is 1. The van der Waals surface area contributed by atoms with Crippen LogP contribution in [0.15, 0.2) is 40.3 Å². The number of sulfonamides is 1. The highest BCUT2D eigenvalue weighted by Crippen LogP contribution is 2.35. The summed E-state index contributed by atoms with van der Waals surface area (Å²) in [5.74, 6) is -2.01. The number of benzene rings is 2. The van der Waals surface area contributed by atoms with Crippen molar-refractivity contribution in [1.29, 1.82) is 0 Å². The van der Waals surface area contributed by atoms with Crippen molar-refractivity contribution in [3.05, 3.63) is 47.5 Å². The van der Waals surface area contributed by atoms with Gasteiger partial charge < -0.3 is 9.64 Å². The van der Waals surface area contributed by atoms with E-state index >= 15 is 0 Å². The van der Waals surface area contributed by atoms with Crippen LogP contribution in [-0.2, 0) is 10.0 Å². The molecule has 0 radical (unpaired) electrons. The molecule has 0 fully saturated rings. The molecule has 30 heavy (non-hydrogen) atoms. The highest BCUT2D eigenvalue weighted by atomic mass is 32.2. The Kier molecular flexibility index (Phi) is 5.42. The number of hydrogen-bond acceptors (Lipinski definition) is 6. The van der Waals surface area contributed by atoms with Crippen molar-refractivity contribution >= 4 is 33.6 Å². The summed E-state index contributed by atoms with van der Waals surface area (Å²) in [6, 6.07) is 6.83. The molecule has 0 amide bonds. The second kappa shape index (κ2) is 8.02. The van der Waals surface area contributed by atoms with Gasteiger partial charge in [-0.05, 0) is 43.2 Å². The summed E-state index contributed by atoms with van der Waals surface area (Å²) >= 11 is 0. The second-order valence-electron chi connectivity index (χ2n) is 6.94. The Morgan fingerprint density at radius 1 is 1.23 bits per heavy atom. The van der Waals surface area contributed by atoms with Crippen LogP contribution in [-0.4, -0.2) is 44.3 Å². The Bertz CT molecular complexity index is 1150. The van der Waals surface area contributed by atoms with Crippen molar-refractivity contribution in [3.63, 3.8) is 0 Å². The number of rotatable bonds is 6. The molecule has 0 aliphatic carbocycles. The molecule has 4 rings (SSSR count). The highest BCUT2D eigenvalue weighted by Gasteiger charge is 2.24. The number of anilines is 1. The summed E-state index contributed by atoms with van der Waals surface area (Å²) in [5.41, 5.74) is 1.02.